The lowest BCUT2D eigenvalue weighted by atomic mass is 9.79. The van der Waals surface area contributed by atoms with Crippen LogP contribution < -0.4 is 0 Å². The van der Waals surface area contributed by atoms with Gasteiger partial charge in [0.25, 0.3) is 0 Å². The Bertz CT molecular complexity index is 1120. The quantitative estimate of drug-likeness (QED) is 0.194. The number of pyridine rings is 1. The highest BCUT2D eigenvalue weighted by molar-refractivity contribution is 14.3. The molecule has 3 aliphatic rings. The van der Waals surface area contributed by atoms with Gasteiger partial charge in [0, 0.05) is 17.5 Å². The largest absolute Gasteiger partial charge is 0.256 e. The molecule has 0 spiro atoms. The summed E-state index contributed by atoms with van der Waals surface area (Å²) in [7, 11) is 0. The van der Waals surface area contributed by atoms with Crippen molar-refractivity contribution in [1.82, 2.24) is 4.98 Å². The fraction of sp³-hybridized carbons (Fsp3) is 0.292. The van der Waals surface area contributed by atoms with Gasteiger partial charge in [-0.2, -0.15) is 0 Å². The van der Waals surface area contributed by atoms with Gasteiger partial charge >= 0.3 is 0 Å². The number of hydrogen-bond acceptors (Lipinski definition) is 1. The van der Waals surface area contributed by atoms with Gasteiger partial charge in [-0.3, -0.25) is 4.98 Å². The normalized spacial score (nSPS) is 26.0. The highest BCUT2D eigenvalue weighted by atomic mass is 127. The molecule has 3 unspecified atom stereocenters. The third-order valence-corrected chi connectivity index (χ3v) is 11.3. The Balaban J connectivity index is 1.68. The van der Waals surface area contributed by atoms with Crippen molar-refractivity contribution in [3.05, 3.63) is 82.4 Å². The van der Waals surface area contributed by atoms with E-state index in [1.807, 2.05) is 12.3 Å². The summed E-state index contributed by atoms with van der Waals surface area (Å²) in [5.74, 6) is 0.836. The van der Waals surface area contributed by atoms with Crippen LogP contribution in [0.3, 0.4) is 0 Å². The first-order valence-corrected chi connectivity index (χ1v) is 19.1. The van der Waals surface area contributed by atoms with Crippen LogP contribution in [0.1, 0.15) is 42.8 Å². The summed E-state index contributed by atoms with van der Waals surface area (Å²) < 4.78 is 14.0. The van der Waals surface area contributed by atoms with Crippen molar-refractivity contribution in [3.8, 4) is 0 Å². The fourth-order valence-electron chi connectivity index (χ4n) is 5.05. The van der Waals surface area contributed by atoms with Gasteiger partial charge in [-0.25, -0.2) is 4.39 Å². The number of nitrogens with zero attached hydrogens (tertiary/aromatic N) is 1. The minimum atomic E-state index is -1.04. The Morgan fingerprint density at radius 3 is 2.79 bits per heavy atom. The fourth-order valence-corrected chi connectivity index (χ4v) is 9.18. The van der Waals surface area contributed by atoms with Crippen LogP contribution in [-0.4, -0.2) is 8.77 Å². The Hall–Kier alpha value is -0.803. The van der Waals surface area contributed by atoms with E-state index in [1.165, 1.54) is 21.9 Å². The van der Waals surface area contributed by atoms with E-state index in [2.05, 4.69) is 93.0 Å². The standard InChI is InChI=1S/C24H22FI2NSi/c1-14-10-16-6-7-20-19(23(16)21(25)11-14)8-9-28-24(20)17-12-15-4-2-3-5-18(15)22(13-17)29(26)27/h2-9,13-15,21,29H,10-12H2,1H3. The van der Waals surface area contributed by atoms with Crippen LogP contribution in [0.5, 0.6) is 0 Å². The van der Waals surface area contributed by atoms with Gasteiger partial charge in [-0.05, 0) is 64.1 Å². The number of benzene rings is 1. The van der Waals surface area contributed by atoms with E-state index in [9.17, 15) is 0 Å². The summed E-state index contributed by atoms with van der Waals surface area (Å²) in [6.07, 6.45) is 14.9. The van der Waals surface area contributed by atoms with Crippen LogP contribution in [0.4, 0.5) is 4.39 Å². The van der Waals surface area contributed by atoms with Crippen LogP contribution in [0.25, 0.3) is 16.3 Å². The van der Waals surface area contributed by atoms with E-state index in [0.29, 0.717) is 18.3 Å². The van der Waals surface area contributed by atoms with Gasteiger partial charge < -0.3 is 0 Å². The van der Waals surface area contributed by atoms with Gasteiger partial charge in [-0.15, -0.1) is 43.6 Å². The second kappa shape index (κ2) is 8.03. The van der Waals surface area contributed by atoms with Crippen molar-refractivity contribution in [2.75, 3.05) is 0 Å². The van der Waals surface area contributed by atoms with Crippen molar-refractivity contribution in [2.24, 2.45) is 11.8 Å². The molecule has 5 heteroatoms. The first-order valence-electron chi connectivity index (χ1n) is 10.2. The zero-order chi connectivity index (χ0) is 20.1. The maximum atomic E-state index is 15.1. The molecule has 0 aliphatic heterocycles. The lowest BCUT2D eigenvalue weighted by Crippen LogP contribution is -2.16. The van der Waals surface area contributed by atoms with Crippen LogP contribution >= 0.6 is 43.6 Å². The molecule has 0 saturated heterocycles. The molecule has 3 aliphatic carbocycles. The zero-order valence-electron chi connectivity index (χ0n) is 16.2. The smallest absolute Gasteiger partial charge is 0.207 e. The highest BCUT2D eigenvalue weighted by Crippen LogP contribution is 2.44. The maximum absolute atomic E-state index is 15.1. The third-order valence-electron chi connectivity index (χ3n) is 6.34. The summed E-state index contributed by atoms with van der Waals surface area (Å²) in [6.45, 7) is 2.15. The number of halogens is 3. The van der Waals surface area contributed by atoms with Gasteiger partial charge in [0.05, 0.1) is 5.69 Å². The molecule has 0 saturated carbocycles. The molecule has 2 aromatic rings. The van der Waals surface area contributed by atoms with Crippen molar-refractivity contribution >= 4 is 63.7 Å². The molecule has 1 aromatic heterocycles. The first kappa shape index (κ1) is 20.1. The van der Waals surface area contributed by atoms with E-state index in [1.54, 1.807) is 0 Å². The summed E-state index contributed by atoms with van der Waals surface area (Å²) >= 11 is 5.25. The van der Waals surface area contributed by atoms with Crippen molar-refractivity contribution < 1.29 is 4.39 Å². The van der Waals surface area contributed by atoms with Crippen molar-refractivity contribution in [1.29, 1.82) is 0 Å². The van der Waals surface area contributed by atoms with Gasteiger partial charge in [0.15, 0.2) is 0 Å². The lowest BCUT2D eigenvalue weighted by molar-refractivity contribution is 0.264. The minimum absolute atomic E-state index is 0.406. The number of allylic oxidation sites excluding steroid dienone is 8. The number of hydrogen-bond donors (Lipinski definition) is 0. The maximum Gasteiger partial charge on any atom is 0.207 e. The van der Waals surface area contributed by atoms with Crippen LogP contribution in [0, 0.1) is 11.8 Å². The van der Waals surface area contributed by atoms with Crippen LogP contribution in [-0.2, 0) is 6.42 Å². The highest BCUT2D eigenvalue weighted by Gasteiger charge is 2.29. The van der Waals surface area contributed by atoms with Gasteiger partial charge in [-0.1, -0.05) is 49.4 Å². The van der Waals surface area contributed by atoms with E-state index >= 15 is 4.39 Å². The average Bonchev–Trinajstić information content (AvgIpc) is 2.71. The Labute approximate surface area is 198 Å². The molecule has 0 amide bonds. The molecule has 1 aromatic carbocycles. The molecule has 0 radical (unpaired) electrons. The number of fused-ring (bicyclic) bond motifs is 4. The van der Waals surface area contributed by atoms with Crippen molar-refractivity contribution in [2.45, 2.75) is 32.4 Å². The molecule has 1 heterocycles. The molecule has 1 nitrogen and oxygen atoms in total. The lowest BCUT2D eigenvalue weighted by Gasteiger charge is -2.29. The third kappa shape index (κ3) is 3.61. The Kier molecular flexibility index (Phi) is 5.57. The Morgan fingerprint density at radius 1 is 1.10 bits per heavy atom. The average molecular weight is 625 g/mol. The first-order chi connectivity index (χ1) is 14.0. The number of aromatic nitrogens is 1. The van der Waals surface area contributed by atoms with Crippen LogP contribution in [0.15, 0.2) is 65.5 Å². The second-order valence-corrected chi connectivity index (χ2v) is 24.2. The molecular weight excluding hydrogens is 603 g/mol. The molecular formula is C24H22FI2NSi. The second-order valence-electron chi connectivity index (χ2n) is 8.34. The molecule has 0 bridgehead atoms. The molecule has 148 valence electrons. The summed E-state index contributed by atoms with van der Waals surface area (Å²) in [5.41, 5.74) is 5.90. The summed E-state index contributed by atoms with van der Waals surface area (Å²) in [4.78, 5) is 4.81. The molecule has 29 heavy (non-hydrogen) atoms. The summed E-state index contributed by atoms with van der Waals surface area (Å²) in [6, 6.07) is 6.35. The summed E-state index contributed by atoms with van der Waals surface area (Å²) in [5, 5.41) is 3.67. The number of rotatable bonds is 2. The number of alkyl halides is 1. The molecule has 5 rings (SSSR count). The minimum Gasteiger partial charge on any atom is -0.256 e. The van der Waals surface area contributed by atoms with Gasteiger partial charge in [0.2, 0.25) is 3.79 Å². The SMILES string of the molecule is CC1Cc2ccc3c(C4=CC([SiH](I)I)=C5C=CC=CC5C4)nccc3c2C(F)C1. The van der Waals surface area contributed by atoms with E-state index in [4.69, 9.17) is 4.98 Å². The topological polar surface area (TPSA) is 12.9 Å². The van der Waals surface area contributed by atoms with Crippen LogP contribution in [0.2, 0.25) is 0 Å². The van der Waals surface area contributed by atoms with Crippen molar-refractivity contribution in [3.63, 3.8) is 0 Å². The predicted molar refractivity (Wildman–Crippen MR) is 140 cm³/mol. The van der Waals surface area contributed by atoms with E-state index in [0.717, 1.165) is 34.9 Å². The monoisotopic (exact) mass is 625 g/mol. The molecule has 0 N–H and O–H groups in total. The Morgan fingerprint density at radius 2 is 1.97 bits per heavy atom. The predicted octanol–water partition coefficient (Wildman–Crippen LogP) is 7.28. The van der Waals surface area contributed by atoms with Gasteiger partial charge in [0.1, 0.15) is 6.17 Å². The molecule has 0 fully saturated rings. The van der Waals surface area contributed by atoms with E-state index in [-0.39, 0.29) is 0 Å². The van der Waals surface area contributed by atoms with E-state index < -0.39 is 9.96 Å². The zero-order valence-corrected chi connectivity index (χ0v) is 21.7. The molecule has 3 atom stereocenters.